The van der Waals surface area contributed by atoms with Crippen LogP contribution >= 0.6 is 0 Å². The second kappa shape index (κ2) is 8.57. The van der Waals surface area contributed by atoms with E-state index in [4.69, 9.17) is 4.74 Å². The smallest absolute Gasteiger partial charge is 0.251 e. The number of aliphatic hydroxyl groups is 1. The topological polar surface area (TPSA) is 95.9 Å². The Morgan fingerprint density at radius 3 is 2.25 bits per heavy atom. The minimum atomic E-state index is -3.54. The molecule has 0 unspecified atom stereocenters. The van der Waals surface area contributed by atoms with Gasteiger partial charge in [0.1, 0.15) is 5.60 Å². The largest absolute Gasteiger partial charge is 0.386 e. The summed E-state index contributed by atoms with van der Waals surface area (Å²) in [5.74, 6) is -0.391. The summed E-state index contributed by atoms with van der Waals surface area (Å²) in [6.45, 7) is 5.99. The average Bonchev–Trinajstić information content (AvgIpc) is 2.53. The molecule has 0 heterocycles. The molecule has 1 rings (SSSR count). The Kier molecular flexibility index (Phi) is 7.34. The van der Waals surface area contributed by atoms with Crippen LogP contribution in [0.15, 0.2) is 29.2 Å². The van der Waals surface area contributed by atoms with Crippen molar-refractivity contribution in [1.82, 2.24) is 9.62 Å². The van der Waals surface area contributed by atoms with Crippen molar-refractivity contribution in [2.45, 2.75) is 31.3 Å². The van der Waals surface area contributed by atoms with Gasteiger partial charge in [0.25, 0.3) is 5.91 Å². The molecule has 0 saturated heterocycles. The van der Waals surface area contributed by atoms with Crippen molar-refractivity contribution in [1.29, 1.82) is 0 Å². The molecule has 1 aromatic rings. The monoisotopic (exact) mass is 358 g/mol. The number of benzene rings is 1. The van der Waals surface area contributed by atoms with Crippen LogP contribution in [0.4, 0.5) is 0 Å². The van der Waals surface area contributed by atoms with Gasteiger partial charge in [-0.2, -0.15) is 4.31 Å². The van der Waals surface area contributed by atoms with E-state index in [1.807, 2.05) is 0 Å². The number of rotatable bonds is 9. The molecule has 0 bridgehead atoms. The number of nitrogens with zero attached hydrogens (tertiary/aromatic N) is 1. The first-order chi connectivity index (χ1) is 11.2. The zero-order valence-corrected chi connectivity index (χ0v) is 15.4. The predicted octanol–water partition coefficient (Wildman–Crippen LogP) is 0.844. The average molecular weight is 358 g/mol. The summed E-state index contributed by atoms with van der Waals surface area (Å²) in [6, 6.07) is 5.74. The first kappa shape index (κ1) is 20.6. The first-order valence-electron chi connectivity index (χ1n) is 7.77. The molecule has 0 aromatic heterocycles. The number of nitrogens with one attached hydrogen (secondary N) is 1. The van der Waals surface area contributed by atoms with Crippen LogP contribution in [-0.2, 0) is 14.8 Å². The fourth-order valence-corrected chi connectivity index (χ4v) is 3.68. The van der Waals surface area contributed by atoms with Crippen molar-refractivity contribution < 1.29 is 23.1 Å². The molecule has 0 radical (unpaired) electrons. The lowest BCUT2D eigenvalue weighted by Crippen LogP contribution is -2.43. The van der Waals surface area contributed by atoms with Crippen molar-refractivity contribution in [3.05, 3.63) is 29.8 Å². The van der Waals surface area contributed by atoms with Crippen molar-refractivity contribution in [2.24, 2.45) is 0 Å². The van der Waals surface area contributed by atoms with E-state index >= 15 is 0 Å². The van der Waals surface area contributed by atoms with Crippen LogP contribution in [-0.4, -0.2) is 62.7 Å². The van der Waals surface area contributed by atoms with Crippen LogP contribution in [0.5, 0.6) is 0 Å². The summed E-state index contributed by atoms with van der Waals surface area (Å²) >= 11 is 0. The lowest BCUT2D eigenvalue weighted by molar-refractivity contribution is -0.0147. The zero-order valence-electron chi connectivity index (χ0n) is 14.6. The highest BCUT2D eigenvalue weighted by Gasteiger charge is 2.23. The number of ether oxygens (including phenoxy) is 1. The molecule has 1 aromatic carbocycles. The van der Waals surface area contributed by atoms with Crippen LogP contribution in [0.3, 0.4) is 0 Å². The van der Waals surface area contributed by atoms with E-state index in [0.29, 0.717) is 18.7 Å². The van der Waals surface area contributed by atoms with E-state index in [0.717, 1.165) is 0 Å². The number of amides is 1. The molecule has 2 N–H and O–H groups in total. The fourth-order valence-electron chi connectivity index (χ4n) is 2.23. The van der Waals surface area contributed by atoms with Gasteiger partial charge in [0.2, 0.25) is 10.0 Å². The van der Waals surface area contributed by atoms with E-state index in [2.05, 4.69) is 5.32 Å². The zero-order chi connectivity index (χ0) is 18.4. The highest BCUT2D eigenvalue weighted by atomic mass is 32.2. The molecule has 7 nitrogen and oxygen atoms in total. The minimum Gasteiger partial charge on any atom is -0.386 e. The summed E-state index contributed by atoms with van der Waals surface area (Å²) in [5.41, 5.74) is -0.849. The molecule has 1 amide bonds. The Bertz CT molecular complexity index is 637. The number of hydrogen-bond acceptors (Lipinski definition) is 5. The fraction of sp³-hybridized carbons (Fsp3) is 0.562. The summed E-state index contributed by atoms with van der Waals surface area (Å²) in [6.07, 6.45) is 0. The van der Waals surface area contributed by atoms with Gasteiger partial charge >= 0.3 is 0 Å². The molecule has 0 aliphatic heterocycles. The van der Waals surface area contributed by atoms with Crippen LogP contribution in [0.2, 0.25) is 0 Å². The Balaban J connectivity index is 2.82. The SMILES string of the molecule is CCN(CC)S(=O)(=O)c1ccc(C(=O)NC[C@](C)(O)COC)cc1. The van der Waals surface area contributed by atoms with E-state index < -0.39 is 21.5 Å². The van der Waals surface area contributed by atoms with Crippen molar-refractivity contribution in [3.63, 3.8) is 0 Å². The third-order valence-corrected chi connectivity index (χ3v) is 5.61. The standard InChI is InChI=1S/C16H26N2O5S/c1-5-18(6-2)24(21,22)14-9-7-13(8-10-14)15(19)17-11-16(3,20)12-23-4/h7-10,20H,5-6,11-12H2,1-4H3,(H,17,19)/t16-/m0/s1. The molecule has 24 heavy (non-hydrogen) atoms. The second-order valence-electron chi connectivity index (χ2n) is 5.73. The van der Waals surface area contributed by atoms with Gasteiger partial charge in [0.15, 0.2) is 0 Å². The molecule has 0 spiro atoms. The minimum absolute atomic E-state index is 0.0270. The Morgan fingerprint density at radius 1 is 1.25 bits per heavy atom. The second-order valence-corrected chi connectivity index (χ2v) is 7.66. The van der Waals surface area contributed by atoms with Crippen LogP contribution in [0.25, 0.3) is 0 Å². The lowest BCUT2D eigenvalue weighted by atomic mass is 10.1. The molecular formula is C16H26N2O5S. The van der Waals surface area contributed by atoms with E-state index in [1.165, 1.54) is 35.7 Å². The number of carbonyl (C=O) groups excluding carboxylic acids is 1. The van der Waals surface area contributed by atoms with Gasteiger partial charge in [-0.15, -0.1) is 0 Å². The molecule has 1 atom stereocenters. The molecule has 0 fully saturated rings. The van der Waals surface area contributed by atoms with Gasteiger partial charge in [-0.05, 0) is 31.2 Å². The maximum atomic E-state index is 12.4. The summed E-state index contributed by atoms with van der Waals surface area (Å²) in [4.78, 5) is 12.2. The third kappa shape index (κ3) is 5.27. The van der Waals surface area contributed by atoms with Crippen LogP contribution in [0, 0.1) is 0 Å². The highest BCUT2D eigenvalue weighted by molar-refractivity contribution is 7.89. The number of hydrogen-bond donors (Lipinski definition) is 2. The normalized spacial score (nSPS) is 14.4. The van der Waals surface area contributed by atoms with E-state index in [1.54, 1.807) is 20.8 Å². The van der Waals surface area contributed by atoms with Crippen molar-refractivity contribution in [2.75, 3.05) is 33.4 Å². The molecule has 0 saturated carbocycles. The molecule has 0 aliphatic rings. The number of sulfonamides is 1. The number of carbonyl (C=O) groups is 1. The number of methoxy groups -OCH3 is 1. The summed E-state index contributed by atoms with van der Waals surface area (Å²) < 4.78 is 31.0. The van der Waals surface area contributed by atoms with Gasteiger partial charge < -0.3 is 15.2 Å². The lowest BCUT2D eigenvalue weighted by Gasteiger charge is -2.22. The van der Waals surface area contributed by atoms with Gasteiger partial charge in [-0.3, -0.25) is 4.79 Å². The molecular weight excluding hydrogens is 332 g/mol. The van der Waals surface area contributed by atoms with Gasteiger partial charge in [-0.1, -0.05) is 13.8 Å². The van der Waals surface area contributed by atoms with Gasteiger partial charge in [0, 0.05) is 32.3 Å². The Labute approximate surface area is 143 Å². The predicted molar refractivity (Wildman–Crippen MR) is 91.4 cm³/mol. The van der Waals surface area contributed by atoms with E-state index in [-0.39, 0.29) is 18.0 Å². The maximum Gasteiger partial charge on any atom is 0.251 e. The maximum absolute atomic E-state index is 12.4. The van der Waals surface area contributed by atoms with Gasteiger partial charge in [-0.25, -0.2) is 8.42 Å². The molecule has 0 aliphatic carbocycles. The van der Waals surface area contributed by atoms with Crippen LogP contribution < -0.4 is 5.32 Å². The molecule has 136 valence electrons. The van der Waals surface area contributed by atoms with Gasteiger partial charge in [0.05, 0.1) is 11.5 Å². The Hall–Kier alpha value is -1.48. The highest BCUT2D eigenvalue weighted by Crippen LogP contribution is 2.16. The van der Waals surface area contributed by atoms with E-state index in [9.17, 15) is 18.3 Å². The first-order valence-corrected chi connectivity index (χ1v) is 9.21. The summed E-state index contributed by atoms with van der Waals surface area (Å²) in [5, 5.41) is 12.6. The quantitative estimate of drug-likeness (QED) is 0.682. The summed E-state index contributed by atoms with van der Waals surface area (Å²) in [7, 11) is -2.08. The van der Waals surface area contributed by atoms with Crippen molar-refractivity contribution >= 4 is 15.9 Å². The third-order valence-electron chi connectivity index (χ3n) is 3.54. The molecule has 8 heteroatoms. The van der Waals surface area contributed by atoms with Crippen molar-refractivity contribution in [3.8, 4) is 0 Å². The van der Waals surface area contributed by atoms with Crippen LogP contribution in [0.1, 0.15) is 31.1 Å². The Morgan fingerprint density at radius 2 is 1.79 bits per heavy atom.